The van der Waals surface area contributed by atoms with Crippen LogP contribution in [0.5, 0.6) is 0 Å². The summed E-state index contributed by atoms with van der Waals surface area (Å²) in [6.45, 7) is 1.63. The van der Waals surface area contributed by atoms with Gasteiger partial charge in [0.15, 0.2) is 0 Å². The van der Waals surface area contributed by atoms with Crippen LogP contribution in [-0.4, -0.2) is 55.8 Å². The van der Waals surface area contributed by atoms with Gasteiger partial charge < -0.3 is 10.0 Å². The molecule has 0 radical (unpaired) electrons. The van der Waals surface area contributed by atoms with Crippen molar-refractivity contribution < 1.29 is 31.5 Å². The van der Waals surface area contributed by atoms with Crippen molar-refractivity contribution in [3.05, 3.63) is 59.7 Å². The molecule has 1 saturated heterocycles. The Morgan fingerprint density at radius 1 is 1.21 bits per heavy atom. The highest BCUT2D eigenvalue weighted by Crippen LogP contribution is 2.59. The van der Waals surface area contributed by atoms with Crippen LogP contribution in [0.3, 0.4) is 0 Å². The van der Waals surface area contributed by atoms with Crippen LogP contribution in [0.15, 0.2) is 42.5 Å². The predicted octanol–water partition coefficient (Wildman–Crippen LogP) is 2.57. The Morgan fingerprint density at radius 2 is 1.85 bits per heavy atom. The zero-order valence-electron chi connectivity index (χ0n) is 18.1. The SMILES string of the molecule is CC(O)[C@@H]1CN(C(=O)[C@@H]2C[C@@]2(F)c2ccccc2-c2c(F)cccc2F)[C@H]1CNS(C)(=O)=O. The summed E-state index contributed by atoms with van der Waals surface area (Å²) < 4.78 is 70.1. The highest BCUT2D eigenvalue weighted by atomic mass is 32.2. The largest absolute Gasteiger partial charge is 0.393 e. The minimum atomic E-state index is -3.52. The maximum Gasteiger partial charge on any atom is 0.229 e. The number of rotatable bonds is 7. The van der Waals surface area contributed by atoms with Crippen molar-refractivity contribution in [1.82, 2.24) is 9.62 Å². The van der Waals surface area contributed by atoms with E-state index in [4.69, 9.17) is 0 Å². The van der Waals surface area contributed by atoms with Crippen LogP contribution < -0.4 is 4.72 Å². The summed E-state index contributed by atoms with van der Waals surface area (Å²) in [5.74, 6) is -3.59. The fourth-order valence-electron chi connectivity index (χ4n) is 4.64. The standard InChI is InChI=1S/C23H25F3N2O4S/c1-13(29)15-12-28(20(15)11-27-33(2,31)32)22(30)17-10-23(17,26)16-7-4-3-6-14(16)21-18(24)8-5-9-19(21)25/h3-9,13,15,17,20,27,29H,10-12H2,1-2H3/t13?,15-,17-,20-,23+/m0/s1. The molecular weight excluding hydrogens is 457 g/mol. The molecule has 6 nitrogen and oxygen atoms in total. The van der Waals surface area contributed by atoms with Crippen LogP contribution >= 0.6 is 0 Å². The molecule has 0 aromatic heterocycles. The lowest BCUT2D eigenvalue weighted by atomic mass is 9.83. The Bertz CT molecular complexity index is 1170. The summed E-state index contributed by atoms with van der Waals surface area (Å²) in [5, 5.41) is 9.96. The molecule has 2 aromatic carbocycles. The Hall–Kier alpha value is -2.43. The predicted molar refractivity (Wildman–Crippen MR) is 116 cm³/mol. The molecule has 0 bridgehead atoms. The second kappa shape index (κ2) is 8.41. The second-order valence-corrected chi connectivity index (χ2v) is 10.7. The van der Waals surface area contributed by atoms with Crippen LogP contribution in [0.4, 0.5) is 13.2 Å². The van der Waals surface area contributed by atoms with E-state index in [1.54, 1.807) is 19.1 Å². The number of sulfonamides is 1. The maximum absolute atomic E-state index is 16.0. The molecule has 33 heavy (non-hydrogen) atoms. The van der Waals surface area contributed by atoms with E-state index in [2.05, 4.69) is 4.72 Å². The lowest BCUT2D eigenvalue weighted by Crippen LogP contribution is -2.65. The number of carbonyl (C=O) groups is 1. The van der Waals surface area contributed by atoms with Gasteiger partial charge in [-0.15, -0.1) is 0 Å². The highest BCUT2D eigenvalue weighted by Gasteiger charge is 2.64. The third-order valence-electron chi connectivity index (χ3n) is 6.56. The molecule has 1 unspecified atom stereocenters. The summed E-state index contributed by atoms with van der Waals surface area (Å²) in [7, 11) is -3.52. The van der Waals surface area contributed by atoms with Crippen molar-refractivity contribution >= 4 is 15.9 Å². The van der Waals surface area contributed by atoms with Crippen molar-refractivity contribution in [1.29, 1.82) is 0 Å². The highest BCUT2D eigenvalue weighted by molar-refractivity contribution is 7.88. The van der Waals surface area contributed by atoms with Crippen LogP contribution in [-0.2, 0) is 20.5 Å². The first-order chi connectivity index (χ1) is 15.4. The van der Waals surface area contributed by atoms with Gasteiger partial charge in [-0.1, -0.05) is 30.3 Å². The summed E-state index contributed by atoms with van der Waals surface area (Å²) in [5.41, 5.74) is -2.37. The van der Waals surface area contributed by atoms with Crippen molar-refractivity contribution in [2.45, 2.75) is 31.2 Å². The molecule has 2 aliphatic rings. The monoisotopic (exact) mass is 482 g/mol. The molecule has 1 heterocycles. The van der Waals surface area contributed by atoms with Gasteiger partial charge in [-0.3, -0.25) is 4.79 Å². The van der Waals surface area contributed by atoms with Crippen LogP contribution in [0.2, 0.25) is 0 Å². The van der Waals surface area contributed by atoms with Gasteiger partial charge in [0.05, 0.1) is 29.9 Å². The molecule has 1 aliphatic heterocycles. The molecule has 4 rings (SSSR count). The van der Waals surface area contributed by atoms with Gasteiger partial charge in [-0.2, -0.15) is 0 Å². The number of nitrogens with zero attached hydrogens (tertiary/aromatic N) is 1. The number of hydrogen-bond acceptors (Lipinski definition) is 4. The number of likely N-dealkylation sites (tertiary alicyclic amines) is 1. The quantitative estimate of drug-likeness (QED) is 0.635. The molecule has 178 valence electrons. The van der Waals surface area contributed by atoms with E-state index in [0.29, 0.717) is 0 Å². The second-order valence-electron chi connectivity index (χ2n) is 8.84. The summed E-state index contributed by atoms with van der Waals surface area (Å²) in [4.78, 5) is 14.5. The first-order valence-electron chi connectivity index (χ1n) is 10.6. The number of halogens is 3. The van der Waals surface area contributed by atoms with Gasteiger partial charge >= 0.3 is 0 Å². The van der Waals surface area contributed by atoms with Crippen molar-refractivity contribution in [2.24, 2.45) is 11.8 Å². The topological polar surface area (TPSA) is 86.7 Å². The number of nitrogens with one attached hydrogen (secondary N) is 1. The van der Waals surface area contributed by atoms with Gasteiger partial charge in [0.1, 0.15) is 17.3 Å². The fourth-order valence-corrected chi connectivity index (χ4v) is 5.11. The van der Waals surface area contributed by atoms with Crippen molar-refractivity contribution in [2.75, 3.05) is 19.3 Å². The van der Waals surface area contributed by atoms with Gasteiger partial charge in [0.25, 0.3) is 0 Å². The van der Waals surface area contributed by atoms with Crippen LogP contribution in [0, 0.1) is 23.5 Å². The Kier molecular flexibility index (Phi) is 6.05. The molecule has 0 spiro atoms. The molecule has 1 amide bonds. The lowest BCUT2D eigenvalue weighted by molar-refractivity contribution is -0.150. The van der Waals surface area contributed by atoms with Crippen LogP contribution in [0.25, 0.3) is 11.1 Å². The van der Waals surface area contributed by atoms with Crippen LogP contribution in [0.1, 0.15) is 18.9 Å². The van der Waals surface area contributed by atoms with E-state index >= 15 is 4.39 Å². The Labute approximate surface area is 190 Å². The third-order valence-corrected chi connectivity index (χ3v) is 7.25. The summed E-state index contributed by atoms with van der Waals surface area (Å²) >= 11 is 0. The molecule has 2 aromatic rings. The maximum atomic E-state index is 16.0. The third kappa shape index (κ3) is 4.39. The molecule has 10 heteroatoms. The number of carbonyl (C=O) groups excluding carboxylic acids is 1. The summed E-state index contributed by atoms with van der Waals surface area (Å²) in [6.07, 6.45) is 0.0575. The minimum absolute atomic E-state index is 0.0331. The lowest BCUT2D eigenvalue weighted by Gasteiger charge is -2.49. The first-order valence-corrected chi connectivity index (χ1v) is 12.5. The molecule has 2 N–H and O–H groups in total. The van der Waals surface area contributed by atoms with Crippen molar-refractivity contribution in [3.63, 3.8) is 0 Å². The Morgan fingerprint density at radius 3 is 2.45 bits per heavy atom. The fraction of sp³-hybridized carbons (Fsp3) is 0.435. The van der Waals surface area contributed by atoms with Gasteiger partial charge in [0.2, 0.25) is 15.9 Å². The van der Waals surface area contributed by atoms with E-state index in [9.17, 15) is 27.1 Å². The molecule has 5 atom stereocenters. The molecule has 2 fully saturated rings. The molecular formula is C23H25F3N2O4S. The molecule has 1 saturated carbocycles. The average Bonchev–Trinajstić information content (AvgIpc) is 3.39. The zero-order chi connectivity index (χ0) is 24.1. The Balaban J connectivity index is 1.59. The van der Waals surface area contributed by atoms with Crippen molar-refractivity contribution in [3.8, 4) is 11.1 Å². The number of benzene rings is 2. The zero-order valence-corrected chi connectivity index (χ0v) is 18.9. The van der Waals surface area contributed by atoms with E-state index in [-0.39, 0.29) is 42.1 Å². The van der Waals surface area contributed by atoms with E-state index < -0.39 is 51.3 Å². The number of hydrogen-bond donors (Lipinski definition) is 2. The number of amides is 1. The van der Waals surface area contributed by atoms with Gasteiger partial charge in [-0.25, -0.2) is 26.3 Å². The number of alkyl halides is 1. The number of aliphatic hydroxyl groups excluding tert-OH is 1. The number of aliphatic hydroxyl groups is 1. The van der Waals surface area contributed by atoms with E-state index in [0.717, 1.165) is 18.4 Å². The minimum Gasteiger partial charge on any atom is -0.393 e. The average molecular weight is 483 g/mol. The van der Waals surface area contributed by atoms with Gasteiger partial charge in [-0.05, 0) is 30.2 Å². The van der Waals surface area contributed by atoms with E-state index in [1.165, 1.54) is 23.1 Å². The van der Waals surface area contributed by atoms with Gasteiger partial charge in [0, 0.05) is 25.4 Å². The van der Waals surface area contributed by atoms with E-state index in [1.807, 2.05) is 0 Å². The summed E-state index contributed by atoms with van der Waals surface area (Å²) in [6, 6.07) is 8.72. The smallest absolute Gasteiger partial charge is 0.229 e. The normalized spacial score (nSPS) is 27.7. The first kappa shape index (κ1) is 23.7. The molecule has 1 aliphatic carbocycles.